The Balaban J connectivity index is 2.44. The topological polar surface area (TPSA) is 12.0 Å². The summed E-state index contributed by atoms with van der Waals surface area (Å²) in [6, 6.07) is 5.01. The van der Waals surface area contributed by atoms with Gasteiger partial charge in [0.05, 0.1) is 5.02 Å². The van der Waals surface area contributed by atoms with E-state index in [9.17, 15) is 4.39 Å². The molecule has 0 fully saturated rings. The Bertz CT molecular complexity index is 392. The fourth-order valence-electron chi connectivity index (χ4n) is 2.04. The van der Waals surface area contributed by atoms with Crippen molar-refractivity contribution in [3.05, 3.63) is 34.6 Å². The first kappa shape index (κ1) is 16.5. The van der Waals surface area contributed by atoms with Gasteiger partial charge >= 0.3 is 0 Å². The number of rotatable bonds is 7. The van der Waals surface area contributed by atoms with Gasteiger partial charge in [0.1, 0.15) is 5.82 Å². The molecule has 1 N–H and O–H groups in total. The van der Waals surface area contributed by atoms with E-state index >= 15 is 0 Å². The number of halogens is 2. The van der Waals surface area contributed by atoms with E-state index < -0.39 is 0 Å². The quantitative estimate of drug-likeness (QED) is 0.775. The van der Waals surface area contributed by atoms with E-state index in [1.54, 1.807) is 6.07 Å². The van der Waals surface area contributed by atoms with Crippen LogP contribution in [0.3, 0.4) is 0 Å². The molecule has 0 aliphatic rings. The van der Waals surface area contributed by atoms with Gasteiger partial charge in [0, 0.05) is 0 Å². The highest BCUT2D eigenvalue weighted by molar-refractivity contribution is 6.30. The number of nitrogens with one attached hydrogen (secondary N) is 1. The van der Waals surface area contributed by atoms with E-state index in [0.29, 0.717) is 17.8 Å². The van der Waals surface area contributed by atoms with Crippen LogP contribution >= 0.6 is 11.6 Å². The third-order valence-electron chi connectivity index (χ3n) is 3.53. The standard InChI is InChI=1S/C16H25ClFN/c1-11(2)9-19-10-13(4)12(3)7-14-5-6-16(18)15(17)8-14/h5-6,8,11-13,19H,7,9-10H2,1-4H3. The Morgan fingerprint density at radius 3 is 2.37 bits per heavy atom. The summed E-state index contributed by atoms with van der Waals surface area (Å²) >= 11 is 5.81. The number of hydrogen-bond donors (Lipinski definition) is 1. The maximum atomic E-state index is 13.1. The molecule has 2 atom stereocenters. The molecule has 0 aromatic heterocycles. The van der Waals surface area contributed by atoms with Gasteiger partial charge in [-0.15, -0.1) is 0 Å². The van der Waals surface area contributed by atoms with Crippen molar-refractivity contribution < 1.29 is 4.39 Å². The van der Waals surface area contributed by atoms with E-state index in [1.807, 2.05) is 6.07 Å². The fraction of sp³-hybridized carbons (Fsp3) is 0.625. The first-order chi connectivity index (χ1) is 8.90. The summed E-state index contributed by atoms with van der Waals surface area (Å²) in [6.45, 7) is 11.0. The van der Waals surface area contributed by atoms with Crippen molar-refractivity contribution in [1.29, 1.82) is 0 Å². The molecule has 0 saturated heterocycles. The molecular formula is C16H25ClFN. The van der Waals surface area contributed by atoms with Crippen molar-refractivity contribution in [3.8, 4) is 0 Å². The van der Waals surface area contributed by atoms with Crippen LogP contribution in [0.15, 0.2) is 18.2 Å². The van der Waals surface area contributed by atoms with Crippen LogP contribution in [-0.2, 0) is 6.42 Å². The summed E-state index contributed by atoms with van der Waals surface area (Å²) in [4.78, 5) is 0. The lowest BCUT2D eigenvalue weighted by atomic mass is 9.89. The van der Waals surface area contributed by atoms with Crippen molar-refractivity contribution in [3.63, 3.8) is 0 Å². The molecule has 1 aromatic carbocycles. The monoisotopic (exact) mass is 285 g/mol. The zero-order valence-corrected chi connectivity index (χ0v) is 13.1. The molecule has 0 amide bonds. The Kier molecular flexibility index (Phi) is 6.81. The molecule has 0 aliphatic heterocycles. The largest absolute Gasteiger partial charge is 0.316 e. The first-order valence-electron chi connectivity index (χ1n) is 7.04. The Morgan fingerprint density at radius 2 is 1.79 bits per heavy atom. The van der Waals surface area contributed by atoms with Crippen molar-refractivity contribution in [2.24, 2.45) is 17.8 Å². The summed E-state index contributed by atoms with van der Waals surface area (Å²) < 4.78 is 13.1. The molecule has 1 rings (SSSR count). The van der Waals surface area contributed by atoms with Crippen LogP contribution in [0.2, 0.25) is 5.02 Å². The highest BCUT2D eigenvalue weighted by Crippen LogP contribution is 2.21. The summed E-state index contributed by atoms with van der Waals surface area (Å²) in [5.41, 5.74) is 1.11. The minimum atomic E-state index is -0.343. The van der Waals surface area contributed by atoms with Crippen LogP contribution in [0.4, 0.5) is 4.39 Å². The van der Waals surface area contributed by atoms with Crippen LogP contribution in [0.25, 0.3) is 0 Å². The van der Waals surface area contributed by atoms with Crippen molar-refractivity contribution in [2.45, 2.75) is 34.1 Å². The summed E-state index contributed by atoms with van der Waals surface area (Å²) in [6.07, 6.45) is 0.935. The predicted octanol–water partition coefficient (Wildman–Crippen LogP) is 4.54. The van der Waals surface area contributed by atoms with Gasteiger partial charge < -0.3 is 5.32 Å². The van der Waals surface area contributed by atoms with Gasteiger partial charge in [-0.05, 0) is 55.0 Å². The van der Waals surface area contributed by atoms with Gasteiger partial charge in [-0.25, -0.2) is 4.39 Å². The van der Waals surface area contributed by atoms with Gasteiger partial charge in [-0.3, -0.25) is 0 Å². The lowest BCUT2D eigenvalue weighted by molar-refractivity contribution is 0.357. The minimum absolute atomic E-state index is 0.218. The van der Waals surface area contributed by atoms with Gasteiger partial charge in [0.15, 0.2) is 0 Å². The second-order valence-electron chi connectivity index (χ2n) is 5.96. The average Bonchev–Trinajstić information content (AvgIpc) is 2.33. The molecule has 0 aliphatic carbocycles. The highest BCUT2D eigenvalue weighted by atomic mass is 35.5. The van der Waals surface area contributed by atoms with E-state index in [-0.39, 0.29) is 10.8 Å². The van der Waals surface area contributed by atoms with Crippen molar-refractivity contribution in [2.75, 3.05) is 13.1 Å². The maximum absolute atomic E-state index is 13.1. The van der Waals surface area contributed by atoms with E-state index in [1.165, 1.54) is 6.07 Å². The number of hydrogen-bond acceptors (Lipinski definition) is 1. The molecule has 1 nitrogen and oxygen atoms in total. The minimum Gasteiger partial charge on any atom is -0.316 e. The molecule has 1 aromatic rings. The van der Waals surface area contributed by atoms with Crippen molar-refractivity contribution >= 4 is 11.6 Å². The van der Waals surface area contributed by atoms with Gasteiger partial charge in [0.2, 0.25) is 0 Å². The molecular weight excluding hydrogens is 261 g/mol. The Labute approximate surface area is 121 Å². The third kappa shape index (κ3) is 5.92. The molecule has 0 spiro atoms. The number of benzene rings is 1. The van der Waals surface area contributed by atoms with Gasteiger partial charge in [0.25, 0.3) is 0 Å². The summed E-state index contributed by atoms with van der Waals surface area (Å²) in [5, 5.41) is 3.70. The van der Waals surface area contributed by atoms with E-state index in [2.05, 4.69) is 33.0 Å². The molecule has 0 radical (unpaired) electrons. The molecule has 108 valence electrons. The highest BCUT2D eigenvalue weighted by Gasteiger charge is 2.13. The second-order valence-corrected chi connectivity index (χ2v) is 6.37. The normalized spacial score (nSPS) is 14.7. The first-order valence-corrected chi connectivity index (χ1v) is 7.42. The molecule has 2 unspecified atom stereocenters. The zero-order valence-electron chi connectivity index (χ0n) is 12.3. The molecule has 3 heteroatoms. The maximum Gasteiger partial charge on any atom is 0.141 e. The summed E-state index contributed by atoms with van der Waals surface area (Å²) in [7, 11) is 0. The van der Waals surface area contributed by atoms with Crippen LogP contribution in [0, 0.1) is 23.6 Å². The zero-order chi connectivity index (χ0) is 14.4. The van der Waals surface area contributed by atoms with Crippen LogP contribution in [-0.4, -0.2) is 13.1 Å². The van der Waals surface area contributed by atoms with Crippen LogP contribution in [0.1, 0.15) is 33.3 Å². The SMILES string of the molecule is CC(C)CNCC(C)C(C)Cc1ccc(F)c(Cl)c1. The third-order valence-corrected chi connectivity index (χ3v) is 3.82. The molecule has 0 heterocycles. The Hall–Kier alpha value is -0.600. The lowest BCUT2D eigenvalue weighted by Crippen LogP contribution is -2.28. The predicted molar refractivity (Wildman–Crippen MR) is 81.1 cm³/mol. The fourth-order valence-corrected chi connectivity index (χ4v) is 2.24. The van der Waals surface area contributed by atoms with Crippen molar-refractivity contribution in [1.82, 2.24) is 5.32 Å². The average molecular weight is 286 g/mol. The van der Waals surface area contributed by atoms with E-state index in [0.717, 1.165) is 25.1 Å². The van der Waals surface area contributed by atoms with Gasteiger partial charge in [-0.2, -0.15) is 0 Å². The molecule has 19 heavy (non-hydrogen) atoms. The van der Waals surface area contributed by atoms with Crippen LogP contribution in [0.5, 0.6) is 0 Å². The lowest BCUT2D eigenvalue weighted by Gasteiger charge is -2.21. The van der Waals surface area contributed by atoms with Gasteiger partial charge in [-0.1, -0.05) is 45.4 Å². The second kappa shape index (κ2) is 7.86. The Morgan fingerprint density at radius 1 is 1.11 bits per heavy atom. The van der Waals surface area contributed by atoms with Crippen LogP contribution < -0.4 is 5.32 Å². The van der Waals surface area contributed by atoms with E-state index in [4.69, 9.17) is 11.6 Å². The summed E-state index contributed by atoms with van der Waals surface area (Å²) in [5.74, 6) is 1.46. The smallest absolute Gasteiger partial charge is 0.141 e. The molecule has 0 bridgehead atoms. The molecule has 0 saturated carbocycles.